The molecule has 0 aromatic heterocycles. The fraction of sp³-hybridized carbons (Fsp3) is 0.889. The van der Waals surface area contributed by atoms with Gasteiger partial charge in [-0.05, 0) is 19.8 Å². The van der Waals surface area contributed by atoms with E-state index >= 15 is 0 Å². The van der Waals surface area contributed by atoms with E-state index in [9.17, 15) is 9.36 Å². The van der Waals surface area contributed by atoms with E-state index in [1.807, 2.05) is 6.92 Å². The van der Waals surface area contributed by atoms with Gasteiger partial charge in [0.1, 0.15) is 0 Å². The van der Waals surface area contributed by atoms with Crippen LogP contribution in [0.2, 0.25) is 0 Å². The molecule has 5 nitrogen and oxygen atoms in total. The molecule has 15 heavy (non-hydrogen) atoms. The van der Waals surface area contributed by atoms with Crippen molar-refractivity contribution in [3.8, 4) is 0 Å². The second kappa shape index (κ2) is 8.89. The fourth-order valence-electron chi connectivity index (χ4n) is 0.946. The van der Waals surface area contributed by atoms with Crippen molar-refractivity contribution in [2.45, 2.75) is 32.3 Å². The monoisotopic (exact) mass is 238 g/mol. The summed E-state index contributed by atoms with van der Waals surface area (Å²) in [5, 5.41) is 8.38. The number of carbonyl (C=O) groups is 1. The topological polar surface area (TPSA) is 72.8 Å². The third-order valence-electron chi connectivity index (χ3n) is 1.71. The zero-order valence-corrected chi connectivity index (χ0v) is 10.2. The molecule has 0 aromatic rings. The van der Waals surface area contributed by atoms with Gasteiger partial charge in [-0.15, -0.1) is 0 Å². The maximum absolute atomic E-state index is 10.6. The Morgan fingerprint density at radius 1 is 1.47 bits per heavy atom. The van der Waals surface area contributed by atoms with Gasteiger partial charge in [0, 0.05) is 19.7 Å². The van der Waals surface area contributed by atoms with Gasteiger partial charge in [-0.3, -0.25) is 9.36 Å². The zero-order chi connectivity index (χ0) is 11.7. The van der Waals surface area contributed by atoms with E-state index < -0.39 is 14.0 Å². The fourth-order valence-corrected chi connectivity index (χ4v) is 1.42. The summed E-state index contributed by atoms with van der Waals surface area (Å²) in [7, 11) is -1.88. The maximum atomic E-state index is 10.6. The molecule has 2 atom stereocenters. The van der Waals surface area contributed by atoms with Crippen LogP contribution in [-0.2, 0) is 18.6 Å². The second-order valence-electron chi connectivity index (χ2n) is 3.33. The molecule has 1 unspecified atom stereocenters. The highest BCUT2D eigenvalue weighted by molar-refractivity contribution is 7.38. The van der Waals surface area contributed by atoms with Gasteiger partial charge in [-0.1, -0.05) is 0 Å². The van der Waals surface area contributed by atoms with Crippen molar-refractivity contribution in [1.82, 2.24) is 0 Å². The molecule has 0 bridgehead atoms. The number of rotatable bonds is 9. The van der Waals surface area contributed by atoms with E-state index in [2.05, 4.69) is 0 Å². The van der Waals surface area contributed by atoms with Crippen LogP contribution in [0.25, 0.3) is 0 Å². The molecule has 0 rings (SSSR count). The van der Waals surface area contributed by atoms with E-state index in [4.69, 9.17) is 14.4 Å². The molecule has 1 N–H and O–H groups in total. The highest BCUT2D eigenvalue weighted by Crippen LogP contribution is 2.15. The van der Waals surface area contributed by atoms with E-state index in [1.165, 1.54) is 6.66 Å². The summed E-state index contributed by atoms with van der Waals surface area (Å²) >= 11 is 0. The highest BCUT2D eigenvalue weighted by atomic mass is 31.1. The minimum atomic E-state index is -1.88. The van der Waals surface area contributed by atoms with Gasteiger partial charge in [0.2, 0.25) is 0 Å². The van der Waals surface area contributed by atoms with Crippen molar-refractivity contribution in [2.75, 3.05) is 19.9 Å². The average Bonchev–Trinajstić information content (AvgIpc) is 2.13. The molecule has 0 radical (unpaired) electrons. The summed E-state index contributed by atoms with van der Waals surface area (Å²) in [4.78, 5) is 10.2. The number of carboxylic acid groups (broad SMARTS) is 1. The van der Waals surface area contributed by atoms with Crippen molar-refractivity contribution < 1.29 is 23.7 Å². The van der Waals surface area contributed by atoms with Crippen molar-refractivity contribution in [1.29, 1.82) is 0 Å². The summed E-state index contributed by atoms with van der Waals surface area (Å²) in [5.41, 5.74) is 0. The molecule has 0 spiro atoms. The van der Waals surface area contributed by atoms with Crippen molar-refractivity contribution in [2.24, 2.45) is 0 Å². The van der Waals surface area contributed by atoms with Crippen LogP contribution in [0, 0.1) is 0 Å². The van der Waals surface area contributed by atoms with E-state index in [-0.39, 0.29) is 12.5 Å². The molecule has 0 aromatic carbocycles. The smallest absolute Gasteiger partial charge is 0.303 e. The molecule has 90 valence electrons. The molecule has 6 heteroatoms. The van der Waals surface area contributed by atoms with Crippen LogP contribution < -0.4 is 0 Å². The van der Waals surface area contributed by atoms with E-state index in [0.717, 1.165) is 6.42 Å². The molecular formula is C9H19O5P. The lowest BCUT2D eigenvalue weighted by molar-refractivity contribution is -0.137. The van der Waals surface area contributed by atoms with Crippen molar-refractivity contribution in [3.63, 3.8) is 0 Å². The van der Waals surface area contributed by atoms with Gasteiger partial charge in [0.15, 0.2) is 8.03 Å². The largest absolute Gasteiger partial charge is 0.481 e. The molecular weight excluding hydrogens is 219 g/mol. The summed E-state index contributed by atoms with van der Waals surface area (Å²) in [6, 6.07) is 0. The Bertz CT molecular complexity index is 207. The number of ether oxygens (including phenoxy) is 1. The zero-order valence-electron chi connectivity index (χ0n) is 9.19. The summed E-state index contributed by atoms with van der Waals surface area (Å²) in [6.07, 6.45) is 1.42. The Morgan fingerprint density at radius 3 is 2.67 bits per heavy atom. The molecule has 0 saturated heterocycles. The number of hydrogen-bond acceptors (Lipinski definition) is 4. The molecule has 0 aliphatic heterocycles. The highest BCUT2D eigenvalue weighted by Gasteiger charge is 2.03. The van der Waals surface area contributed by atoms with Gasteiger partial charge in [-0.2, -0.15) is 0 Å². The normalized spacial score (nSPS) is 14.8. The summed E-state index contributed by atoms with van der Waals surface area (Å²) < 4.78 is 20.9. The van der Waals surface area contributed by atoms with Gasteiger partial charge in [0.25, 0.3) is 0 Å². The first-order valence-electron chi connectivity index (χ1n) is 4.99. The van der Waals surface area contributed by atoms with Crippen LogP contribution in [0.5, 0.6) is 0 Å². The van der Waals surface area contributed by atoms with Crippen molar-refractivity contribution >= 4 is 14.0 Å². The Kier molecular flexibility index (Phi) is 8.67. The average molecular weight is 238 g/mol. The third kappa shape index (κ3) is 11.5. The van der Waals surface area contributed by atoms with Crippen LogP contribution in [0.1, 0.15) is 26.2 Å². The first-order chi connectivity index (χ1) is 7.02. The lowest BCUT2D eigenvalue weighted by Gasteiger charge is -2.11. The lowest BCUT2D eigenvalue weighted by Crippen LogP contribution is -2.15. The summed E-state index contributed by atoms with van der Waals surface area (Å²) in [5.74, 6) is -0.782. The van der Waals surface area contributed by atoms with Crippen LogP contribution in [0.4, 0.5) is 0 Å². The number of carboxylic acids is 1. The van der Waals surface area contributed by atoms with Crippen LogP contribution in [0.3, 0.4) is 0 Å². The molecule has 0 amide bonds. The lowest BCUT2D eigenvalue weighted by atomic mass is 10.2. The van der Waals surface area contributed by atoms with Crippen LogP contribution in [0.15, 0.2) is 0 Å². The first-order valence-corrected chi connectivity index (χ1v) is 6.80. The molecule has 0 aliphatic rings. The molecule has 0 fully saturated rings. The Morgan fingerprint density at radius 2 is 2.13 bits per heavy atom. The SMILES string of the molecule is C[C@H](CO[PH](C)=O)OCCCCC(=O)O. The Balaban J connectivity index is 3.27. The Hall–Kier alpha value is -0.380. The minimum Gasteiger partial charge on any atom is -0.481 e. The van der Waals surface area contributed by atoms with Gasteiger partial charge in [0.05, 0.1) is 12.7 Å². The van der Waals surface area contributed by atoms with Gasteiger partial charge >= 0.3 is 5.97 Å². The third-order valence-corrected chi connectivity index (χ3v) is 2.28. The Labute approximate surface area is 90.6 Å². The molecule has 0 aliphatic carbocycles. The minimum absolute atomic E-state index is 0.0938. The molecule has 0 heterocycles. The quantitative estimate of drug-likeness (QED) is 0.489. The second-order valence-corrected chi connectivity index (χ2v) is 4.61. The van der Waals surface area contributed by atoms with Gasteiger partial charge in [-0.25, -0.2) is 0 Å². The number of hydrogen-bond donors (Lipinski definition) is 1. The number of unbranched alkanes of at least 4 members (excludes halogenated alkanes) is 1. The maximum Gasteiger partial charge on any atom is 0.303 e. The van der Waals surface area contributed by atoms with Crippen molar-refractivity contribution in [3.05, 3.63) is 0 Å². The molecule has 0 saturated carbocycles. The standard InChI is InChI=1S/C9H19O5P/c1-8(7-14-15(2)12)13-6-4-3-5-9(10)11/h8,15H,3-7H2,1-2H3,(H,10,11)/t8-/m1/s1. The predicted molar refractivity (Wildman–Crippen MR) is 57.8 cm³/mol. The summed E-state index contributed by atoms with van der Waals surface area (Å²) in [6.45, 7) is 4.21. The van der Waals surface area contributed by atoms with Gasteiger partial charge < -0.3 is 14.4 Å². The predicted octanol–water partition coefficient (Wildman–Crippen LogP) is 1.77. The van der Waals surface area contributed by atoms with Crippen LogP contribution in [-0.4, -0.2) is 37.1 Å². The first kappa shape index (κ1) is 14.6. The van der Waals surface area contributed by atoms with E-state index in [1.54, 1.807) is 0 Å². The van der Waals surface area contributed by atoms with Crippen LogP contribution >= 0.6 is 8.03 Å². The van der Waals surface area contributed by atoms with E-state index in [0.29, 0.717) is 19.6 Å². The number of aliphatic carboxylic acids is 1.